The van der Waals surface area contributed by atoms with Gasteiger partial charge >= 0.3 is 0 Å². The summed E-state index contributed by atoms with van der Waals surface area (Å²) in [5.74, 6) is 1.39. The highest BCUT2D eigenvalue weighted by atomic mass is 19.1. The molecule has 0 saturated carbocycles. The van der Waals surface area contributed by atoms with Crippen LogP contribution in [0.15, 0.2) is 29.3 Å². The molecule has 0 bridgehead atoms. The van der Waals surface area contributed by atoms with Crippen molar-refractivity contribution in [3.63, 3.8) is 0 Å². The number of benzene rings is 1. The summed E-state index contributed by atoms with van der Waals surface area (Å²) in [6.07, 6.45) is 2.66. The van der Waals surface area contributed by atoms with Crippen molar-refractivity contribution in [2.75, 3.05) is 33.2 Å². The van der Waals surface area contributed by atoms with E-state index in [1.165, 1.54) is 38.1 Å². The molecule has 1 aliphatic heterocycles. The van der Waals surface area contributed by atoms with Crippen LogP contribution >= 0.6 is 0 Å². The molecular weight excluding hydrogens is 279 g/mol. The number of hydrogen-bond donors (Lipinski definition) is 2. The fourth-order valence-corrected chi connectivity index (χ4v) is 2.83. The van der Waals surface area contributed by atoms with Crippen LogP contribution in [0.5, 0.6) is 0 Å². The van der Waals surface area contributed by atoms with Crippen molar-refractivity contribution in [2.45, 2.75) is 26.3 Å². The molecule has 1 heterocycles. The average molecular weight is 306 g/mol. The molecule has 1 fully saturated rings. The van der Waals surface area contributed by atoms with Crippen LogP contribution in [0.3, 0.4) is 0 Å². The first-order chi connectivity index (χ1) is 10.7. The van der Waals surface area contributed by atoms with Gasteiger partial charge in [0.25, 0.3) is 0 Å². The Hall–Kier alpha value is -1.62. The molecule has 1 atom stereocenters. The number of hydrogen-bond acceptors (Lipinski definition) is 2. The zero-order chi connectivity index (χ0) is 15.8. The predicted molar refractivity (Wildman–Crippen MR) is 89.4 cm³/mol. The Morgan fingerprint density at radius 1 is 1.32 bits per heavy atom. The Morgan fingerprint density at radius 3 is 2.77 bits per heavy atom. The van der Waals surface area contributed by atoms with E-state index in [9.17, 15) is 4.39 Å². The number of nitrogens with zero attached hydrogens (tertiary/aromatic N) is 2. The Balaban J connectivity index is 1.67. The van der Waals surface area contributed by atoms with E-state index in [0.717, 1.165) is 30.5 Å². The van der Waals surface area contributed by atoms with Crippen molar-refractivity contribution in [1.29, 1.82) is 0 Å². The van der Waals surface area contributed by atoms with Gasteiger partial charge in [0.05, 0.1) is 0 Å². The van der Waals surface area contributed by atoms with E-state index in [2.05, 4.69) is 27.4 Å². The van der Waals surface area contributed by atoms with Gasteiger partial charge in [-0.25, -0.2) is 4.39 Å². The molecule has 1 aromatic rings. The Kier molecular flexibility index (Phi) is 6.65. The highest BCUT2D eigenvalue weighted by Gasteiger charge is 2.15. The second-order valence-corrected chi connectivity index (χ2v) is 6.03. The summed E-state index contributed by atoms with van der Waals surface area (Å²) in [4.78, 5) is 6.73. The third-order valence-corrected chi connectivity index (χ3v) is 4.06. The third kappa shape index (κ3) is 5.64. The van der Waals surface area contributed by atoms with Crippen molar-refractivity contribution in [3.05, 3.63) is 35.6 Å². The molecule has 0 spiro atoms. The number of nitrogens with one attached hydrogen (secondary N) is 2. The lowest BCUT2D eigenvalue weighted by Crippen LogP contribution is -2.43. The van der Waals surface area contributed by atoms with E-state index in [4.69, 9.17) is 0 Å². The van der Waals surface area contributed by atoms with Crippen LogP contribution in [0.4, 0.5) is 4.39 Å². The SMILES string of the molecule is CN=C(NCCN1CCCC(C)C1)NCc1ccc(F)cc1. The molecule has 1 aliphatic rings. The first-order valence-corrected chi connectivity index (χ1v) is 8.08. The van der Waals surface area contributed by atoms with Gasteiger partial charge in [-0.3, -0.25) is 4.99 Å². The first-order valence-electron chi connectivity index (χ1n) is 8.08. The lowest BCUT2D eigenvalue weighted by atomic mass is 10.0. The number of likely N-dealkylation sites (tertiary alicyclic amines) is 1. The highest BCUT2D eigenvalue weighted by Crippen LogP contribution is 2.14. The number of piperidine rings is 1. The van der Waals surface area contributed by atoms with Gasteiger partial charge in [-0.2, -0.15) is 0 Å². The maximum Gasteiger partial charge on any atom is 0.191 e. The molecule has 2 rings (SSSR count). The zero-order valence-corrected chi connectivity index (χ0v) is 13.6. The third-order valence-electron chi connectivity index (χ3n) is 4.06. The molecule has 2 N–H and O–H groups in total. The maximum absolute atomic E-state index is 12.9. The van der Waals surface area contributed by atoms with Gasteiger partial charge in [-0.15, -0.1) is 0 Å². The van der Waals surface area contributed by atoms with E-state index in [1.807, 2.05) is 0 Å². The van der Waals surface area contributed by atoms with Gasteiger partial charge in [-0.1, -0.05) is 19.1 Å². The standard InChI is InChI=1S/C17H27FN4/c1-14-4-3-10-22(13-14)11-9-20-17(19-2)21-12-15-5-7-16(18)8-6-15/h5-8,14H,3-4,9-13H2,1-2H3,(H2,19,20,21). The minimum atomic E-state index is -0.206. The summed E-state index contributed by atoms with van der Waals surface area (Å²) in [6.45, 7) is 7.29. The summed E-state index contributed by atoms with van der Waals surface area (Å²) >= 11 is 0. The van der Waals surface area contributed by atoms with E-state index in [0.29, 0.717) is 6.54 Å². The molecule has 4 nitrogen and oxygen atoms in total. The molecule has 1 unspecified atom stereocenters. The smallest absolute Gasteiger partial charge is 0.191 e. The van der Waals surface area contributed by atoms with Crippen LogP contribution in [0.2, 0.25) is 0 Å². The maximum atomic E-state index is 12.9. The van der Waals surface area contributed by atoms with Gasteiger partial charge in [0.2, 0.25) is 0 Å². The van der Waals surface area contributed by atoms with Crippen molar-refractivity contribution < 1.29 is 4.39 Å². The van der Waals surface area contributed by atoms with E-state index >= 15 is 0 Å². The van der Waals surface area contributed by atoms with Crippen LogP contribution in [0.25, 0.3) is 0 Å². The van der Waals surface area contributed by atoms with Gasteiger partial charge in [-0.05, 0) is 43.0 Å². The van der Waals surface area contributed by atoms with Gasteiger partial charge < -0.3 is 15.5 Å². The quantitative estimate of drug-likeness (QED) is 0.647. The number of guanidine groups is 1. The Labute approximate surface area is 132 Å². The predicted octanol–water partition coefficient (Wildman–Crippen LogP) is 2.22. The molecule has 122 valence electrons. The second-order valence-electron chi connectivity index (χ2n) is 6.03. The fourth-order valence-electron chi connectivity index (χ4n) is 2.83. The number of rotatable bonds is 5. The molecule has 0 radical (unpaired) electrons. The van der Waals surface area contributed by atoms with Crippen LogP contribution in [-0.4, -0.2) is 44.1 Å². The summed E-state index contributed by atoms with van der Waals surface area (Å²) in [5.41, 5.74) is 1.04. The average Bonchev–Trinajstić information content (AvgIpc) is 2.52. The fraction of sp³-hybridized carbons (Fsp3) is 0.588. The zero-order valence-electron chi connectivity index (χ0n) is 13.6. The topological polar surface area (TPSA) is 39.7 Å². The minimum Gasteiger partial charge on any atom is -0.355 e. The van der Waals surface area contributed by atoms with E-state index < -0.39 is 0 Å². The summed E-state index contributed by atoms with van der Waals surface area (Å²) in [6, 6.07) is 6.52. The Morgan fingerprint density at radius 2 is 2.09 bits per heavy atom. The minimum absolute atomic E-state index is 0.206. The molecule has 1 saturated heterocycles. The van der Waals surface area contributed by atoms with Crippen LogP contribution in [-0.2, 0) is 6.54 Å². The highest BCUT2D eigenvalue weighted by molar-refractivity contribution is 5.79. The molecule has 1 aromatic carbocycles. The van der Waals surface area contributed by atoms with Crippen molar-refractivity contribution in [1.82, 2.24) is 15.5 Å². The lowest BCUT2D eigenvalue weighted by molar-refractivity contribution is 0.187. The lowest BCUT2D eigenvalue weighted by Gasteiger charge is -2.30. The number of aliphatic imine (C=N–C) groups is 1. The molecule has 0 aliphatic carbocycles. The summed E-state index contributed by atoms with van der Waals surface area (Å²) in [5, 5.41) is 6.59. The van der Waals surface area contributed by atoms with Gasteiger partial charge in [0.1, 0.15) is 5.82 Å². The van der Waals surface area contributed by atoms with Crippen LogP contribution < -0.4 is 10.6 Å². The molecule has 0 aromatic heterocycles. The number of halogens is 1. The molecular formula is C17H27FN4. The second kappa shape index (κ2) is 8.73. The van der Waals surface area contributed by atoms with Gasteiger partial charge in [0.15, 0.2) is 5.96 Å². The normalized spacial score (nSPS) is 20.0. The van der Waals surface area contributed by atoms with E-state index in [-0.39, 0.29) is 5.82 Å². The van der Waals surface area contributed by atoms with Crippen molar-refractivity contribution >= 4 is 5.96 Å². The van der Waals surface area contributed by atoms with E-state index in [1.54, 1.807) is 19.2 Å². The largest absolute Gasteiger partial charge is 0.355 e. The van der Waals surface area contributed by atoms with Crippen LogP contribution in [0.1, 0.15) is 25.3 Å². The van der Waals surface area contributed by atoms with Crippen LogP contribution in [0, 0.1) is 11.7 Å². The van der Waals surface area contributed by atoms with Crippen molar-refractivity contribution in [3.8, 4) is 0 Å². The Bertz CT molecular complexity index is 472. The first kappa shape index (κ1) is 16.7. The molecule has 0 amide bonds. The summed E-state index contributed by atoms with van der Waals surface area (Å²) in [7, 11) is 1.77. The van der Waals surface area contributed by atoms with Crippen molar-refractivity contribution in [2.24, 2.45) is 10.9 Å². The molecule has 22 heavy (non-hydrogen) atoms. The molecule has 5 heteroatoms. The monoisotopic (exact) mass is 306 g/mol. The van der Waals surface area contributed by atoms with Gasteiger partial charge in [0, 0.05) is 33.2 Å². The summed E-state index contributed by atoms with van der Waals surface area (Å²) < 4.78 is 12.9.